The van der Waals surface area contributed by atoms with E-state index < -0.39 is 5.97 Å². The lowest BCUT2D eigenvalue weighted by molar-refractivity contribution is 0.0692. The number of rotatable bonds is 7. The summed E-state index contributed by atoms with van der Waals surface area (Å²) < 4.78 is 5.56. The summed E-state index contributed by atoms with van der Waals surface area (Å²) >= 11 is 1.91. The van der Waals surface area contributed by atoms with Crippen LogP contribution in [-0.2, 0) is 0 Å². The number of carboxylic acid groups (broad SMARTS) is 1. The van der Waals surface area contributed by atoms with Crippen molar-refractivity contribution in [1.82, 2.24) is 0 Å². The van der Waals surface area contributed by atoms with Gasteiger partial charge in [-0.15, -0.1) is 0 Å². The molecule has 0 bridgehead atoms. The Labute approximate surface area is 118 Å². The van der Waals surface area contributed by atoms with Gasteiger partial charge in [0, 0.05) is 5.75 Å². The number of ether oxygens (including phenoxy) is 1. The Morgan fingerprint density at radius 2 is 2.05 bits per heavy atom. The van der Waals surface area contributed by atoms with Crippen LogP contribution in [0.3, 0.4) is 0 Å². The Hall–Kier alpha value is -1.16. The van der Waals surface area contributed by atoms with Crippen LogP contribution in [0.15, 0.2) is 24.3 Å². The predicted molar refractivity (Wildman–Crippen MR) is 78.2 cm³/mol. The summed E-state index contributed by atoms with van der Waals surface area (Å²) in [6.07, 6.45) is 5.51. The molecule has 0 radical (unpaired) electrons. The van der Waals surface area contributed by atoms with E-state index in [0.29, 0.717) is 12.4 Å². The van der Waals surface area contributed by atoms with Gasteiger partial charge in [-0.2, -0.15) is 11.8 Å². The third kappa shape index (κ3) is 4.46. The molecule has 19 heavy (non-hydrogen) atoms. The van der Waals surface area contributed by atoms with Crippen molar-refractivity contribution in [3.63, 3.8) is 0 Å². The van der Waals surface area contributed by atoms with Gasteiger partial charge in [0.2, 0.25) is 0 Å². The van der Waals surface area contributed by atoms with E-state index in [1.165, 1.54) is 31.4 Å². The number of para-hydroxylation sites is 1. The zero-order valence-corrected chi connectivity index (χ0v) is 11.8. The molecule has 4 heteroatoms. The molecule has 1 aromatic carbocycles. The Bertz CT molecular complexity index is 414. The third-order valence-electron chi connectivity index (χ3n) is 3.43. The van der Waals surface area contributed by atoms with Crippen LogP contribution in [0.2, 0.25) is 0 Å². The van der Waals surface area contributed by atoms with Crippen LogP contribution >= 0.6 is 11.8 Å². The summed E-state index contributed by atoms with van der Waals surface area (Å²) in [5.74, 6) is 2.55. The molecule has 1 N–H and O–H groups in total. The summed E-state index contributed by atoms with van der Waals surface area (Å²) in [5, 5.41) is 9.03. The van der Waals surface area contributed by atoms with E-state index in [4.69, 9.17) is 9.84 Å². The topological polar surface area (TPSA) is 46.5 Å². The SMILES string of the molecule is O=C(O)c1ccccc1OCCSCC1CCCC1. The quantitative estimate of drug-likeness (QED) is 0.774. The molecule has 0 atom stereocenters. The van der Waals surface area contributed by atoms with Gasteiger partial charge >= 0.3 is 5.97 Å². The van der Waals surface area contributed by atoms with Crippen LogP contribution in [0, 0.1) is 5.92 Å². The highest BCUT2D eigenvalue weighted by Gasteiger charge is 2.14. The summed E-state index contributed by atoms with van der Waals surface area (Å²) in [4.78, 5) is 11.0. The highest BCUT2D eigenvalue weighted by molar-refractivity contribution is 7.99. The Morgan fingerprint density at radius 1 is 1.32 bits per heavy atom. The van der Waals surface area contributed by atoms with Crippen LogP contribution in [0.5, 0.6) is 5.75 Å². The monoisotopic (exact) mass is 280 g/mol. The van der Waals surface area contributed by atoms with Crippen LogP contribution < -0.4 is 4.74 Å². The van der Waals surface area contributed by atoms with Crippen LogP contribution in [0.1, 0.15) is 36.0 Å². The Balaban J connectivity index is 1.69. The van der Waals surface area contributed by atoms with E-state index in [1.54, 1.807) is 24.3 Å². The molecular formula is C15H20O3S. The van der Waals surface area contributed by atoms with Crippen molar-refractivity contribution >= 4 is 17.7 Å². The van der Waals surface area contributed by atoms with Gasteiger partial charge in [0.05, 0.1) is 6.61 Å². The fourth-order valence-corrected chi connectivity index (χ4v) is 3.44. The maximum atomic E-state index is 11.0. The Morgan fingerprint density at radius 3 is 2.79 bits per heavy atom. The number of thioether (sulfide) groups is 1. The second kappa shape index (κ2) is 7.43. The predicted octanol–water partition coefficient (Wildman–Crippen LogP) is 3.69. The van der Waals surface area contributed by atoms with Crippen LogP contribution in [-0.4, -0.2) is 29.2 Å². The number of hydrogen-bond acceptors (Lipinski definition) is 3. The van der Waals surface area contributed by atoms with Gasteiger partial charge in [-0.05, 0) is 36.6 Å². The molecule has 1 fully saturated rings. The highest BCUT2D eigenvalue weighted by atomic mass is 32.2. The number of carbonyl (C=O) groups is 1. The second-order valence-corrected chi connectivity index (χ2v) is 6.03. The van der Waals surface area contributed by atoms with Crippen molar-refractivity contribution in [2.75, 3.05) is 18.1 Å². The molecule has 1 aliphatic rings. The van der Waals surface area contributed by atoms with E-state index in [2.05, 4.69) is 0 Å². The van der Waals surface area contributed by atoms with Crippen molar-refractivity contribution in [1.29, 1.82) is 0 Å². The van der Waals surface area contributed by atoms with Gasteiger partial charge in [0.15, 0.2) is 0 Å². The standard InChI is InChI=1S/C15H20O3S/c16-15(17)13-7-3-4-8-14(13)18-9-10-19-11-12-5-1-2-6-12/h3-4,7-8,12H,1-2,5-6,9-11H2,(H,16,17). The first kappa shape index (κ1) is 14.3. The molecule has 0 saturated heterocycles. The lowest BCUT2D eigenvalue weighted by Crippen LogP contribution is -2.07. The molecule has 3 nitrogen and oxygen atoms in total. The number of benzene rings is 1. The summed E-state index contributed by atoms with van der Waals surface area (Å²) in [6, 6.07) is 6.80. The summed E-state index contributed by atoms with van der Waals surface area (Å²) in [6.45, 7) is 0.571. The minimum atomic E-state index is -0.936. The van der Waals surface area contributed by atoms with Crippen molar-refractivity contribution in [2.45, 2.75) is 25.7 Å². The van der Waals surface area contributed by atoms with Gasteiger partial charge in [0.25, 0.3) is 0 Å². The van der Waals surface area contributed by atoms with Gasteiger partial charge in [-0.1, -0.05) is 25.0 Å². The molecule has 0 unspecified atom stereocenters. The van der Waals surface area contributed by atoms with Crippen molar-refractivity contribution in [2.24, 2.45) is 5.92 Å². The van der Waals surface area contributed by atoms with E-state index in [0.717, 1.165) is 11.7 Å². The lowest BCUT2D eigenvalue weighted by Gasteiger charge is -2.10. The highest BCUT2D eigenvalue weighted by Crippen LogP contribution is 2.27. The Kier molecular flexibility index (Phi) is 5.58. The van der Waals surface area contributed by atoms with Crippen molar-refractivity contribution in [3.8, 4) is 5.75 Å². The molecule has 0 aromatic heterocycles. The maximum Gasteiger partial charge on any atom is 0.339 e. The number of hydrogen-bond donors (Lipinski definition) is 1. The second-order valence-electron chi connectivity index (χ2n) is 4.88. The van der Waals surface area contributed by atoms with E-state index >= 15 is 0 Å². The third-order valence-corrected chi connectivity index (χ3v) is 4.59. The number of aromatic carboxylic acids is 1. The smallest absolute Gasteiger partial charge is 0.339 e. The number of carboxylic acids is 1. The van der Waals surface area contributed by atoms with E-state index in [1.807, 2.05) is 11.8 Å². The zero-order chi connectivity index (χ0) is 13.5. The minimum Gasteiger partial charge on any atom is -0.492 e. The normalized spacial score (nSPS) is 15.6. The minimum absolute atomic E-state index is 0.239. The maximum absolute atomic E-state index is 11.0. The lowest BCUT2D eigenvalue weighted by atomic mass is 10.1. The van der Waals surface area contributed by atoms with Gasteiger partial charge in [-0.25, -0.2) is 4.79 Å². The first-order chi connectivity index (χ1) is 9.27. The first-order valence-corrected chi connectivity index (χ1v) is 7.95. The van der Waals surface area contributed by atoms with E-state index in [-0.39, 0.29) is 5.56 Å². The molecule has 1 saturated carbocycles. The molecule has 0 spiro atoms. The molecule has 1 aromatic rings. The molecule has 0 aliphatic heterocycles. The molecule has 1 aliphatic carbocycles. The van der Waals surface area contributed by atoms with Crippen molar-refractivity contribution in [3.05, 3.63) is 29.8 Å². The summed E-state index contributed by atoms with van der Waals surface area (Å²) in [5.41, 5.74) is 0.239. The van der Waals surface area contributed by atoms with Gasteiger partial charge < -0.3 is 9.84 Å². The van der Waals surface area contributed by atoms with E-state index in [9.17, 15) is 4.79 Å². The molecule has 104 valence electrons. The van der Waals surface area contributed by atoms with Crippen molar-refractivity contribution < 1.29 is 14.6 Å². The zero-order valence-electron chi connectivity index (χ0n) is 11.0. The first-order valence-electron chi connectivity index (χ1n) is 6.80. The van der Waals surface area contributed by atoms with Gasteiger partial charge in [0.1, 0.15) is 11.3 Å². The van der Waals surface area contributed by atoms with Gasteiger partial charge in [-0.3, -0.25) is 0 Å². The fraction of sp³-hybridized carbons (Fsp3) is 0.533. The molecule has 0 heterocycles. The molecular weight excluding hydrogens is 260 g/mol. The largest absolute Gasteiger partial charge is 0.492 e. The molecule has 0 amide bonds. The van der Waals surface area contributed by atoms with Crippen LogP contribution in [0.25, 0.3) is 0 Å². The van der Waals surface area contributed by atoms with Crippen LogP contribution in [0.4, 0.5) is 0 Å². The average molecular weight is 280 g/mol. The fourth-order valence-electron chi connectivity index (χ4n) is 2.41. The average Bonchev–Trinajstić information content (AvgIpc) is 2.92. The molecule has 2 rings (SSSR count). The summed E-state index contributed by atoms with van der Waals surface area (Å²) in [7, 11) is 0.